The quantitative estimate of drug-likeness (QED) is 0.733. The van der Waals surface area contributed by atoms with Gasteiger partial charge in [0.25, 0.3) is 5.91 Å². The molecule has 1 fully saturated rings. The number of β-amino-alcohol motifs (C(OH)–C–C–N with tert-alkyl or cyclic N) is 1. The molecular weight excluding hydrogens is 268 g/mol. The lowest BCUT2D eigenvalue weighted by Gasteiger charge is -2.14. The number of hydrogen-bond donors (Lipinski definition) is 3. The zero-order valence-electron chi connectivity index (χ0n) is 10.4. The van der Waals surface area contributed by atoms with Gasteiger partial charge in [-0.3, -0.25) is 4.79 Å². The number of carbonyl (C=O) groups excluding carboxylic acids is 1. The second kappa shape index (κ2) is 6.75. The van der Waals surface area contributed by atoms with E-state index in [0.29, 0.717) is 23.9 Å². The van der Waals surface area contributed by atoms with E-state index < -0.39 is 6.10 Å². The van der Waals surface area contributed by atoms with Crippen LogP contribution < -0.4 is 15.4 Å². The molecule has 2 rings (SSSR count). The average molecular weight is 285 g/mol. The van der Waals surface area contributed by atoms with Crippen LogP contribution in [0.15, 0.2) is 24.3 Å². The number of halogens is 1. The molecule has 5 nitrogen and oxygen atoms in total. The van der Waals surface area contributed by atoms with Gasteiger partial charge in [0.15, 0.2) is 6.61 Å². The Balaban J connectivity index is 1.68. The van der Waals surface area contributed by atoms with E-state index in [9.17, 15) is 9.90 Å². The number of ether oxygens (including phenoxy) is 1. The van der Waals surface area contributed by atoms with Crippen LogP contribution in [0.2, 0.25) is 5.02 Å². The van der Waals surface area contributed by atoms with Crippen LogP contribution >= 0.6 is 11.6 Å². The molecule has 1 heterocycles. The Morgan fingerprint density at radius 1 is 1.42 bits per heavy atom. The van der Waals surface area contributed by atoms with Crippen molar-refractivity contribution in [2.75, 3.05) is 26.2 Å². The van der Waals surface area contributed by atoms with Gasteiger partial charge in [-0.2, -0.15) is 0 Å². The van der Waals surface area contributed by atoms with Crippen molar-refractivity contribution in [1.82, 2.24) is 10.6 Å². The average Bonchev–Trinajstić information content (AvgIpc) is 2.81. The van der Waals surface area contributed by atoms with Crippen molar-refractivity contribution in [2.24, 2.45) is 5.92 Å². The molecule has 1 aromatic carbocycles. The summed E-state index contributed by atoms with van der Waals surface area (Å²) >= 11 is 5.75. The first-order valence-electron chi connectivity index (χ1n) is 6.19. The maximum atomic E-state index is 11.6. The van der Waals surface area contributed by atoms with Crippen LogP contribution in [-0.2, 0) is 4.79 Å². The third-order valence-corrected chi connectivity index (χ3v) is 3.30. The third kappa shape index (κ3) is 4.38. The predicted molar refractivity (Wildman–Crippen MR) is 72.3 cm³/mol. The van der Waals surface area contributed by atoms with Crippen molar-refractivity contribution in [2.45, 2.75) is 6.10 Å². The maximum Gasteiger partial charge on any atom is 0.257 e. The summed E-state index contributed by atoms with van der Waals surface area (Å²) in [4.78, 5) is 11.6. The fourth-order valence-electron chi connectivity index (χ4n) is 1.90. The van der Waals surface area contributed by atoms with Crippen molar-refractivity contribution < 1.29 is 14.6 Å². The van der Waals surface area contributed by atoms with Gasteiger partial charge in [-0.25, -0.2) is 0 Å². The van der Waals surface area contributed by atoms with Crippen LogP contribution in [0.4, 0.5) is 0 Å². The van der Waals surface area contributed by atoms with E-state index in [4.69, 9.17) is 16.3 Å². The SMILES string of the molecule is O=C(COc1ccc(Cl)cc1)NCC1CNCC1O. The number of amides is 1. The van der Waals surface area contributed by atoms with E-state index in [2.05, 4.69) is 10.6 Å². The summed E-state index contributed by atoms with van der Waals surface area (Å²) in [6, 6.07) is 6.82. The van der Waals surface area contributed by atoms with Gasteiger partial charge in [0.1, 0.15) is 5.75 Å². The van der Waals surface area contributed by atoms with Gasteiger partial charge < -0.3 is 20.5 Å². The van der Waals surface area contributed by atoms with Crippen molar-refractivity contribution >= 4 is 17.5 Å². The van der Waals surface area contributed by atoms with Gasteiger partial charge in [-0.1, -0.05) is 11.6 Å². The monoisotopic (exact) mass is 284 g/mol. The van der Waals surface area contributed by atoms with Crippen LogP contribution in [0.25, 0.3) is 0 Å². The second-order valence-electron chi connectivity index (χ2n) is 4.53. The lowest BCUT2D eigenvalue weighted by atomic mass is 10.1. The van der Waals surface area contributed by atoms with Gasteiger partial charge in [0.2, 0.25) is 0 Å². The Morgan fingerprint density at radius 2 is 2.16 bits per heavy atom. The fourth-order valence-corrected chi connectivity index (χ4v) is 2.03. The zero-order valence-corrected chi connectivity index (χ0v) is 11.2. The molecule has 0 saturated carbocycles. The lowest BCUT2D eigenvalue weighted by molar-refractivity contribution is -0.123. The minimum absolute atomic E-state index is 0.0438. The Hall–Kier alpha value is -1.30. The first-order chi connectivity index (χ1) is 9.15. The molecule has 1 aliphatic rings. The molecule has 2 unspecified atom stereocenters. The topological polar surface area (TPSA) is 70.6 Å². The number of aliphatic hydroxyl groups is 1. The Bertz CT molecular complexity index is 424. The molecule has 1 aliphatic heterocycles. The van der Waals surface area contributed by atoms with Crippen LogP contribution in [0.3, 0.4) is 0 Å². The van der Waals surface area contributed by atoms with E-state index in [-0.39, 0.29) is 18.4 Å². The number of rotatable bonds is 5. The molecule has 0 spiro atoms. The highest BCUT2D eigenvalue weighted by molar-refractivity contribution is 6.30. The van der Waals surface area contributed by atoms with E-state index in [1.165, 1.54) is 0 Å². The van der Waals surface area contributed by atoms with Crippen LogP contribution in [0, 0.1) is 5.92 Å². The van der Waals surface area contributed by atoms with Crippen molar-refractivity contribution in [3.05, 3.63) is 29.3 Å². The maximum absolute atomic E-state index is 11.6. The number of nitrogens with one attached hydrogen (secondary N) is 2. The largest absolute Gasteiger partial charge is 0.484 e. The second-order valence-corrected chi connectivity index (χ2v) is 4.97. The van der Waals surface area contributed by atoms with Gasteiger partial charge >= 0.3 is 0 Å². The number of carbonyl (C=O) groups is 1. The molecule has 6 heteroatoms. The Kier molecular flexibility index (Phi) is 5.01. The highest BCUT2D eigenvalue weighted by Crippen LogP contribution is 2.15. The van der Waals surface area contributed by atoms with E-state index >= 15 is 0 Å². The fraction of sp³-hybridized carbons (Fsp3) is 0.462. The molecule has 1 saturated heterocycles. The van der Waals surface area contributed by atoms with Crippen molar-refractivity contribution in [3.63, 3.8) is 0 Å². The minimum atomic E-state index is -0.391. The van der Waals surface area contributed by atoms with Crippen LogP contribution in [0.1, 0.15) is 0 Å². The van der Waals surface area contributed by atoms with Crippen molar-refractivity contribution in [1.29, 1.82) is 0 Å². The first-order valence-corrected chi connectivity index (χ1v) is 6.57. The van der Waals surface area contributed by atoms with Crippen molar-refractivity contribution in [3.8, 4) is 5.75 Å². The molecule has 104 valence electrons. The van der Waals surface area contributed by atoms with E-state index in [1.54, 1.807) is 24.3 Å². The molecule has 0 radical (unpaired) electrons. The summed E-state index contributed by atoms with van der Waals surface area (Å²) in [6.07, 6.45) is -0.391. The van der Waals surface area contributed by atoms with Crippen LogP contribution in [0.5, 0.6) is 5.75 Å². The molecule has 3 N–H and O–H groups in total. The summed E-state index contributed by atoms with van der Waals surface area (Å²) in [5, 5.41) is 16.0. The summed E-state index contributed by atoms with van der Waals surface area (Å²) in [5.41, 5.74) is 0. The zero-order chi connectivity index (χ0) is 13.7. The molecule has 0 bridgehead atoms. The standard InChI is InChI=1S/C13H17ClN2O3/c14-10-1-3-11(4-2-10)19-8-13(18)16-6-9-5-15-7-12(9)17/h1-4,9,12,15,17H,5-8H2,(H,16,18). The first kappa shape index (κ1) is 14.1. The summed E-state index contributed by atoms with van der Waals surface area (Å²) < 4.78 is 5.32. The Morgan fingerprint density at radius 3 is 2.79 bits per heavy atom. The lowest BCUT2D eigenvalue weighted by Crippen LogP contribution is -2.36. The molecule has 2 atom stereocenters. The predicted octanol–water partition coefficient (Wildman–Crippen LogP) is 0.415. The van der Waals surface area contributed by atoms with Gasteiger partial charge in [-0.05, 0) is 24.3 Å². The molecule has 1 amide bonds. The highest BCUT2D eigenvalue weighted by atomic mass is 35.5. The summed E-state index contributed by atoms with van der Waals surface area (Å²) in [7, 11) is 0. The minimum Gasteiger partial charge on any atom is -0.484 e. The molecule has 0 aliphatic carbocycles. The number of hydrogen-bond acceptors (Lipinski definition) is 4. The summed E-state index contributed by atoms with van der Waals surface area (Å²) in [6.45, 7) is 1.72. The van der Waals surface area contributed by atoms with E-state index in [1.807, 2.05) is 0 Å². The Labute approximate surface area is 116 Å². The van der Waals surface area contributed by atoms with E-state index in [0.717, 1.165) is 6.54 Å². The summed E-state index contributed by atoms with van der Waals surface area (Å²) in [5.74, 6) is 0.468. The third-order valence-electron chi connectivity index (χ3n) is 3.05. The van der Waals surface area contributed by atoms with Gasteiger partial charge in [0, 0.05) is 30.6 Å². The van der Waals surface area contributed by atoms with Crippen LogP contribution in [-0.4, -0.2) is 43.4 Å². The molecule has 0 aromatic heterocycles. The number of benzene rings is 1. The molecule has 1 aromatic rings. The molecular formula is C13H17ClN2O3. The number of aliphatic hydroxyl groups excluding tert-OH is 1. The van der Waals surface area contributed by atoms with Gasteiger partial charge in [-0.15, -0.1) is 0 Å². The normalized spacial score (nSPS) is 22.2. The highest BCUT2D eigenvalue weighted by Gasteiger charge is 2.24. The van der Waals surface area contributed by atoms with Gasteiger partial charge in [0.05, 0.1) is 6.10 Å². The smallest absolute Gasteiger partial charge is 0.257 e. The molecule has 19 heavy (non-hydrogen) atoms.